The van der Waals surface area contributed by atoms with Crippen LogP contribution in [0.3, 0.4) is 0 Å². The number of carboxylic acids is 2. The minimum atomic E-state index is -3.73. The molecule has 0 saturated carbocycles. The Morgan fingerprint density at radius 2 is 1.70 bits per heavy atom. The highest BCUT2D eigenvalue weighted by Crippen LogP contribution is 2.34. The Morgan fingerprint density at radius 1 is 1.02 bits per heavy atom. The molecule has 0 spiro atoms. The lowest BCUT2D eigenvalue weighted by atomic mass is 9.87. The van der Waals surface area contributed by atoms with E-state index >= 15 is 0 Å². The third kappa shape index (κ3) is 7.41. The van der Waals surface area contributed by atoms with Crippen LogP contribution in [0, 0.1) is 0 Å². The van der Waals surface area contributed by atoms with Gasteiger partial charge in [-0.1, -0.05) is 44.2 Å². The molecule has 0 fully saturated rings. The molecule has 4 aromatic rings. The predicted octanol–water partition coefficient (Wildman–Crippen LogP) is 5.22. The van der Waals surface area contributed by atoms with E-state index in [0.717, 1.165) is 13.0 Å². The summed E-state index contributed by atoms with van der Waals surface area (Å²) in [4.78, 5) is 21.2. The van der Waals surface area contributed by atoms with Crippen LogP contribution in [0.15, 0.2) is 82.7 Å². The lowest BCUT2D eigenvalue weighted by molar-refractivity contribution is -0.159. The van der Waals surface area contributed by atoms with Crippen molar-refractivity contribution >= 4 is 27.3 Å². The Labute approximate surface area is 251 Å². The van der Waals surface area contributed by atoms with Crippen LogP contribution in [-0.4, -0.2) is 65.3 Å². The summed E-state index contributed by atoms with van der Waals surface area (Å²) in [5.41, 5.74) is 4.11. The molecule has 0 saturated heterocycles. The SMILES string of the molecule is CC(C)c1nn2ccccc2c1S(=O)(=O)c1ccc(OCCCN(C)C2CCCc3ccccc32)cc1.O=C(O)C(=O)O. The molecule has 1 aliphatic rings. The highest BCUT2D eigenvalue weighted by Gasteiger charge is 2.28. The second kappa shape index (κ2) is 13.8. The van der Waals surface area contributed by atoms with Crippen LogP contribution < -0.4 is 4.74 Å². The zero-order chi connectivity index (χ0) is 31.1. The van der Waals surface area contributed by atoms with Crippen LogP contribution in [0.5, 0.6) is 5.75 Å². The molecule has 0 amide bonds. The van der Waals surface area contributed by atoms with Crippen molar-refractivity contribution in [2.45, 2.75) is 61.3 Å². The van der Waals surface area contributed by atoms with Crippen molar-refractivity contribution in [2.75, 3.05) is 20.2 Å². The van der Waals surface area contributed by atoms with Crippen LogP contribution in [-0.2, 0) is 25.8 Å². The smallest absolute Gasteiger partial charge is 0.414 e. The topological polar surface area (TPSA) is 139 Å². The van der Waals surface area contributed by atoms with Crippen LogP contribution in [0.4, 0.5) is 0 Å². The summed E-state index contributed by atoms with van der Waals surface area (Å²) in [7, 11) is -1.54. The van der Waals surface area contributed by atoms with Crippen molar-refractivity contribution in [3.05, 3.63) is 89.7 Å². The fraction of sp³-hybridized carbons (Fsp3) is 0.344. The van der Waals surface area contributed by atoms with E-state index < -0.39 is 21.8 Å². The summed E-state index contributed by atoms with van der Waals surface area (Å²) in [6, 6.07) is 21.5. The van der Waals surface area contributed by atoms with Gasteiger partial charge in [0.15, 0.2) is 0 Å². The number of nitrogens with zero attached hydrogens (tertiary/aromatic N) is 3. The molecule has 2 aromatic carbocycles. The van der Waals surface area contributed by atoms with Gasteiger partial charge in [-0.2, -0.15) is 5.10 Å². The molecule has 2 heterocycles. The Hall–Kier alpha value is -4.22. The third-order valence-electron chi connectivity index (χ3n) is 7.45. The molecule has 1 aliphatic carbocycles. The molecule has 228 valence electrons. The minimum absolute atomic E-state index is 0.0208. The highest BCUT2D eigenvalue weighted by atomic mass is 32.2. The maximum atomic E-state index is 13.6. The average molecular weight is 608 g/mol. The lowest BCUT2D eigenvalue weighted by Gasteiger charge is -2.33. The standard InChI is InChI=1S/C30H35N3O3S.C2H2O4/c1-22(2)29-30(28-13-6-7-20-33(28)31-29)37(34,35)25-17-15-24(16-18-25)36-21-9-19-32(3)27-14-8-11-23-10-4-5-12-26(23)27;3-1(4)2(5)6/h4-7,10,12-13,15-18,20,22,27H,8-9,11,14,19,21H2,1-3H3;(H,3,4)(H,5,6). The van der Waals surface area contributed by atoms with Crippen molar-refractivity contribution in [3.63, 3.8) is 0 Å². The van der Waals surface area contributed by atoms with E-state index in [-0.39, 0.29) is 15.7 Å². The summed E-state index contributed by atoms with van der Waals surface area (Å²) < 4.78 is 34.8. The number of fused-ring (bicyclic) bond motifs is 2. The highest BCUT2D eigenvalue weighted by molar-refractivity contribution is 7.91. The molecule has 2 aromatic heterocycles. The second-order valence-corrected chi connectivity index (χ2v) is 12.7. The number of benzene rings is 2. The Bertz CT molecular complexity index is 1670. The Morgan fingerprint density at radius 3 is 2.37 bits per heavy atom. The predicted molar refractivity (Wildman–Crippen MR) is 161 cm³/mol. The van der Waals surface area contributed by atoms with Crippen molar-refractivity contribution < 1.29 is 33.0 Å². The van der Waals surface area contributed by atoms with E-state index in [4.69, 9.17) is 24.5 Å². The van der Waals surface area contributed by atoms with Gasteiger partial charge in [0.05, 0.1) is 22.7 Å². The average Bonchev–Trinajstić information content (AvgIpc) is 3.41. The van der Waals surface area contributed by atoms with E-state index in [0.29, 0.717) is 29.6 Å². The monoisotopic (exact) mass is 607 g/mol. The van der Waals surface area contributed by atoms with Gasteiger partial charge < -0.3 is 14.9 Å². The van der Waals surface area contributed by atoms with Gasteiger partial charge in [0.2, 0.25) is 9.84 Å². The number of aromatic nitrogens is 2. The Kier molecular flexibility index (Phi) is 10.2. The zero-order valence-corrected chi connectivity index (χ0v) is 25.3. The number of pyridine rings is 1. The maximum Gasteiger partial charge on any atom is 0.414 e. The van der Waals surface area contributed by atoms with Gasteiger partial charge >= 0.3 is 11.9 Å². The molecule has 1 unspecified atom stereocenters. The van der Waals surface area contributed by atoms with E-state index in [1.165, 1.54) is 30.4 Å². The fourth-order valence-electron chi connectivity index (χ4n) is 5.33. The van der Waals surface area contributed by atoms with Crippen LogP contribution in [0.2, 0.25) is 0 Å². The third-order valence-corrected chi connectivity index (χ3v) is 9.29. The summed E-state index contributed by atoms with van der Waals surface area (Å²) in [6.07, 6.45) is 6.27. The van der Waals surface area contributed by atoms with E-state index in [9.17, 15) is 8.42 Å². The van der Waals surface area contributed by atoms with Crippen LogP contribution in [0.1, 0.15) is 61.9 Å². The number of carboxylic acid groups (broad SMARTS) is 2. The first-order valence-electron chi connectivity index (χ1n) is 14.2. The number of rotatable bonds is 9. The Balaban J connectivity index is 0.000000641. The van der Waals surface area contributed by atoms with E-state index in [2.05, 4.69) is 41.3 Å². The van der Waals surface area contributed by atoms with Gasteiger partial charge in [-0.05, 0) is 86.2 Å². The number of aryl methyl sites for hydroxylation is 1. The molecule has 2 N–H and O–H groups in total. The van der Waals surface area contributed by atoms with Gasteiger partial charge in [-0.25, -0.2) is 22.5 Å². The van der Waals surface area contributed by atoms with Gasteiger partial charge in [0.25, 0.3) is 0 Å². The van der Waals surface area contributed by atoms with Crippen LogP contribution >= 0.6 is 0 Å². The van der Waals surface area contributed by atoms with E-state index in [1.807, 2.05) is 26.0 Å². The first-order valence-corrected chi connectivity index (χ1v) is 15.7. The molecule has 1 atom stereocenters. The normalized spacial score (nSPS) is 14.7. The molecule has 43 heavy (non-hydrogen) atoms. The zero-order valence-electron chi connectivity index (χ0n) is 24.5. The summed E-state index contributed by atoms with van der Waals surface area (Å²) >= 11 is 0. The van der Waals surface area contributed by atoms with Crippen molar-refractivity contribution in [3.8, 4) is 5.75 Å². The van der Waals surface area contributed by atoms with Gasteiger partial charge in [0.1, 0.15) is 10.6 Å². The molecule has 5 rings (SSSR count). The van der Waals surface area contributed by atoms with Crippen LogP contribution in [0.25, 0.3) is 5.52 Å². The quantitative estimate of drug-likeness (QED) is 0.194. The molecule has 0 radical (unpaired) electrons. The number of carbonyl (C=O) groups is 2. The van der Waals surface area contributed by atoms with Crippen molar-refractivity contribution in [1.29, 1.82) is 0 Å². The molecule has 0 aliphatic heterocycles. The summed E-state index contributed by atoms with van der Waals surface area (Å²) in [5, 5.41) is 19.3. The van der Waals surface area contributed by atoms with Gasteiger partial charge in [-0.15, -0.1) is 0 Å². The summed E-state index contributed by atoms with van der Waals surface area (Å²) in [5.74, 6) is -2.99. The first-order chi connectivity index (χ1) is 20.5. The molecular weight excluding hydrogens is 570 g/mol. The first kappa shape index (κ1) is 31.7. The molecule has 0 bridgehead atoms. The molecular formula is C32H37N3O7S. The minimum Gasteiger partial charge on any atom is -0.494 e. The van der Waals surface area contributed by atoms with Gasteiger partial charge in [0, 0.05) is 18.8 Å². The van der Waals surface area contributed by atoms with E-state index in [1.54, 1.807) is 41.0 Å². The number of hydrogen-bond donors (Lipinski definition) is 2. The maximum absolute atomic E-state index is 13.6. The number of aliphatic carboxylic acids is 2. The molecule has 10 nitrogen and oxygen atoms in total. The summed E-state index contributed by atoms with van der Waals surface area (Å²) in [6.45, 7) is 5.44. The van der Waals surface area contributed by atoms with Crippen molar-refractivity contribution in [2.24, 2.45) is 0 Å². The fourth-order valence-corrected chi connectivity index (χ4v) is 7.04. The number of hydrogen-bond acceptors (Lipinski definition) is 7. The largest absolute Gasteiger partial charge is 0.494 e. The number of sulfone groups is 1. The van der Waals surface area contributed by atoms with Crippen molar-refractivity contribution in [1.82, 2.24) is 14.5 Å². The number of ether oxygens (including phenoxy) is 1. The van der Waals surface area contributed by atoms with Gasteiger partial charge in [-0.3, -0.25) is 4.90 Å². The second-order valence-electron chi connectivity index (χ2n) is 10.8. The molecule has 11 heteroatoms. The lowest BCUT2D eigenvalue weighted by Crippen LogP contribution is -2.29.